The van der Waals surface area contributed by atoms with Gasteiger partial charge in [-0.3, -0.25) is 19.2 Å². The van der Waals surface area contributed by atoms with Crippen LogP contribution in [0, 0.1) is 13.8 Å². The Kier molecular flexibility index (Phi) is 15.5. The molecule has 10 nitrogen and oxygen atoms in total. The Hall–Kier alpha value is -3.86. The van der Waals surface area contributed by atoms with E-state index in [9.17, 15) is 19.2 Å². The minimum atomic E-state index is -0.397. The molecule has 0 saturated heterocycles. The first-order chi connectivity index (χ1) is 29.3. The number of carbonyl (C=O) groups is 4. The zero-order chi connectivity index (χ0) is 43.1. The molecule has 4 aromatic heterocycles. The van der Waals surface area contributed by atoms with Gasteiger partial charge in [0.25, 0.3) is 0 Å². The van der Waals surface area contributed by atoms with E-state index >= 15 is 0 Å². The summed E-state index contributed by atoms with van der Waals surface area (Å²) in [7, 11) is 3.62. The van der Waals surface area contributed by atoms with E-state index in [-0.39, 0.29) is 89.3 Å². The predicted octanol–water partition coefficient (Wildman–Crippen LogP) is 7.97. The van der Waals surface area contributed by atoms with Crippen molar-refractivity contribution in [1.29, 1.82) is 0 Å². The molecular weight excluding hydrogens is 920 g/mol. The van der Waals surface area contributed by atoms with Gasteiger partial charge in [-0.1, -0.05) is 63.2 Å². The summed E-state index contributed by atoms with van der Waals surface area (Å²) in [4.78, 5) is 62.7. The number of hydrogen-bond acceptors (Lipinski definition) is 8. The zero-order valence-corrected chi connectivity index (χ0v) is 42.0. The number of likely N-dealkylation sites (N-methyl/N-ethyl adjacent to an activating group) is 2. The number of fused-ring (bicyclic) bond motifs is 6. The first kappa shape index (κ1) is 48.6. The van der Waals surface area contributed by atoms with Crippen LogP contribution in [0.15, 0.2) is 96.3 Å². The Balaban J connectivity index is 0.000000193. The van der Waals surface area contributed by atoms with Crippen LogP contribution in [0.3, 0.4) is 0 Å². The molecule has 14 heteroatoms. The molecular formula is C49H52BrKN6O4S2. The van der Waals surface area contributed by atoms with E-state index in [1.807, 2.05) is 43.4 Å². The number of nitrogens with one attached hydrogen (secondary N) is 2. The van der Waals surface area contributed by atoms with Crippen molar-refractivity contribution in [2.45, 2.75) is 83.7 Å². The molecule has 2 saturated carbocycles. The second-order valence-electron chi connectivity index (χ2n) is 16.2. The van der Waals surface area contributed by atoms with Gasteiger partial charge in [0.15, 0.2) is 0 Å². The van der Waals surface area contributed by atoms with Crippen LogP contribution in [0.2, 0.25) is 0 Å². The number of aryl methyl sites for hydroxylation is 2. The number of pyridine rings is 2. The predicted molar refractivity (Wildman–Crippen MR) is 258 cm³/mol. The van der Waals surface area contributed by atoms with Crippen molar-refractivity contribution >= 4 is 100 Å². The number of hydrogen-bond donors (Lipinski definition) is 2. The summed E-state index contributed by atoms with van der Waals surface area (Å²) >= 11 is 6.88. The zero-order valence-electron chi connectivity index (χ0n) is 36.6. The number of aromatic nitrogens is 2. The van der Waals surface area contributed by atoms with Crippen LogP contribution in [-0.4, -0.2) is 57.5 Å². The summed E-state index contributed by atoms with van der Waals surface area (Å²) in [5, 5.41) is 8.28. The average molecular weight is 972 g/mol. The molecule has 2 N–H and O–H groups in total. The third-order valence-corrected chi connectivity index (χ3v) is 15.5. The number of halogens is 1. The third kappa shape index (κ3) is 9.46. The molecule has 2 aliphatic carbocycles. The maximum absolute atomic E-state index is 12.7. The van der Waals surface area contributed by atoms with E-state index in [1.165, 1.54) is 47.1 Å². The second kappa shape index (κ2) is 20.1. The Morgan fingerprint density at radius 3 is 1.70 bits per heavy atom. The van der Waals surface area contributed by atoms with Crippen LogP contribution < -0.4 is 62.0 Å². The van der Waals surface area contributed by atoms with Gasteiger partial charge in [0.05, 0.1) is 23.9 Å². The van der Waals surface area contributed by atoms with Crippen LogP contribution >= 0.6 is 38.6 Å². The monoisotopic (exact) mass is 970 g/mol. The number of rotatable bonds is 7. The van der Waals surface area contributed by atoms with Gasteiger partial charge in [-0.15, -0.1) is 22.7 Å². The summed E-state index contributed by atoms with van der Waals surface area (Å²) in [5.41, 5.74) is 4.76. The Labute approximate surface area is 429 Å². The number of thiophene rings is 2. The Morgan fingerprint density at radius 1 is 0.778 bits per heavy atom. The Bertz CT molecular complexity index is 2780. The van der Waals surface area contributed by atoms with Crippen LogP contribution in [0.25, 0.3) is 26.2 Å². The summed E-state index contributed by atoms with van der Waals surface area (Å²) in [6.07, 6.45) is 14.0. The first-order valence-electron chi connectivity index (χ1n) is 20.4. The summed E-state index contributed by atoms with van der Waals surface area (Å²) in [6, 6.07) is 20.7. The quantitative estimate of drug-likeness (QED) is 0.124. The van der Waals surface area contributed by atoms with Crippen molar-refractivity contribution in [2.24, 2.45) is 0 Å². The van der Waals surface area contributed by atoms with Crippen molar-refractivity contribution in [3.8, 4) is 0 Å². The molecule has 2 fully saturated rings. The van der Waals surface area contributed by atoms with Crippen LogP contribution in [0.5, 0.6) is 0 Å². The molecule has 0 unspecified atom stereocenters. The molecule has 63 heavy (non-hydrogen) atoms. The van der Waals surface area contributed by atoms with Gasteiger partial charge >= 0.3 is 51.4 Å². The maximum Gasteiger partial charge on any atom is 1.00 e. The minimum Gasteiger partial charge on any atom is -1.00 e. The first-order valence-corrected chi connectivity index (χ1v) is 22.8. The van der Waals surface area contributed by atoms with Crippen molar-refractivity contribution in [3.63, 3.8) is 0 Å². The number of benzene rings is 2. The van der Waals surface area contributed by atoms with Gasteiger partial charge in [-0.25, -0.2) is 9.97 Å². The molecule has 2 spiro atoms. The molecule has 6 heterocycles. The smallest absolute Gasteiger partial charge is 1.00 e. The molecule has 10 rings (SSSR count). The van der Waals surface area contributed by atoms with Gasteiger partial charge < -0.3 is 21.9 Å². The molecule has 2 aliphatic heterocycles. The van der Waals surface area contributed by atoms with E-state index in [0.717, 1.165) is 65.5 Å². The molecule has 4 amide bonds. The summed E-state index contributed by atoms with van der Waals surface area (Å²) in [6.45, 7) is 8.96. The topological polar surface area (TPSA) is 125 Å². The SMILES string of the molecule is C.C=CC(=O)N(C)Cc1sc2ccccc2c1C.Cc1c(CN(C)C(=O)/C=C/c2cnc3c(c2)C2(CCC2)C(=O)N3)sc2ccccc12.O=C1Nc2ncc(Br)cc2C12CCC2.[H-].[K+]. The average Bonchev–Trinajstić information content (AvgIpc) is 3.92. The fraction of sp³-hybridized carbons (Fsp3) is 0.306. The molecule has 6 aromatic rings. The van der Waals surface area contributed by atoms with E-state index in [0.29, 0.717) is 18.9 Å². The number of carbonyl (C=O) groups excluding carboxylic acids is 4. The summed E-state index contributed by atoms with van der Waals surface area (Å²) < 4.78 is 3.47. The van der Waals surface area contributed by atoms with Crippen LogP contribution in [0.4, 0.5) is 11.6 Å². The van der Waals surface area contributed by atoms with E-state index in [4.69, 9.17) is 0 Å². The Morgan fingerprint density at radius 2 is 1.24 bits per heavy atom. The summed E-state index contributed by atoms with van der Waals surface area (Å²) in [5.74, 6) is 1.51. The molecule has 2 aromatic carbocycles. The number of amides is 4. The van der Waals surface area contributed by atoms with Gasteiger partial charge in [0.2, 0.25) is 23.6 Å². The largest absolute Gasteiger partial charge is 1.00 e. The third-order valence-electron chi connectivity index (χ3n) is 12.5. The van der Waals surface area contributed by atoms with Gasteiger partial charge in [-0.05, 0) is 119 Å². The standard InChI is InChI=1S/C24H23N3O2S.C14H15NOS.C10H9BrN2O.CH4.K.H/c1-15-17-6-3-4-7-19(17)30-20(15)14-27(2)21(28)9-8-16-12-18-22(25-13-16)26-23(29)24(18)10-5-11-24;1-4-14(16)15(3)9-13-10(2)11-7-5-6-8-12(11)17-13;11-6-4-7-8(12-5-6)13-9(14)10(7)2-1-3-10;;;/h3-4,6-9,12-13H,5,10-11,14H2,1-2H3,(H,25,26,29);4-8H,1,9H2,2-3H3;4-5H,1-3H2,(H,12,13,14);1H4;;/q;;;;+1;-1/b9-8+;;;;;. The number of nitrogens with zero attached hydrogens (tertiary/aromatic N) is 4. The molecule has 0 atom stereocenters. The number of anilines is 2. The molecule has 322 valence electrons. The fourth-order valence-electron chi connectivity index (χ4n) is 8.48. The van der Waals surface area contributed by atoms with Crippen molar-refractivity contribution in [2.75, 3.05) is 24.7 Å². The minimum absolute atomic E-state index is 0. The van der Waals surface area contributed by atoms with E-state index < -0.39 is 5.41 Å². The van der Waals surface area contributed by atoms with E-state index in [2.05, 4.69) is 81.2 Å². The molecule has 0 radical (unpaired) electrons. The van der Waals surface area contributed by atoms with Crippen molar-refractivity contribution in [1.82, 2.24) is 19.8 Å². The fourth-order valence-corrected chi connectivity index (χ4v) is 11.3. The normalized spacial score (nSPS) is 15.6. The van der Waals surface area contributed by atoms with Gasteiger partial charge in [-0.2, -0.15) is 0 Å². The molecule has 0 bridgehead atoms. The van der Waals surface area contributed by atoms with Gasteiger partial charge in [0, 0.05) is 67.3 Å². The van der Waals surface area contributed by atoms with Crippen LogP contribution in [0.1, 0.15) is 84.9 Å². The second-order valence-corrected chi connectivity index (χ2v) is 19.4. The van der Waals surface area contributed by atoms with Crippen molar-refractivity contribution in [3.05, 3.63) is 134 Å². The molecule has 4 aliphatic rings. The van der Waals surface area contributed by atoms with Crippen molar-refractivity contribution < 1.29 is 72.0 Å². The van der Waals surface area contributed by atoms with Gasteiger partial charge in [0.1, 0.15) is 11.6 Å². The van der Waals surface area contributed by atoms with Crippen LogP contribution in [-0.2, 0) is 43.1 Å². The van der Waals surface area contributed by atoms with E-state index in [1.54, 1.807) is 64.1 Å². The maximum atomic E-state index is 12.7.